The summed E-state index contributed by atoms with van der Waals surface area (Å²) in [6.07, 6.45) is -4.70. The fourth-order valence-electron chi connectivity index (χ4n) is 1.89. The number of hydrogen-bond donors (Lipinski definition) is 1. The second kappa shape index (κ2) is 7.98. The van der Waals surface area contributed by atoms with Crippen molar-refractivity contribution >= 4 is 17.2 Å². The molecule has 2 aromatic carbocycles. The van der Waals surface area contributed by atoms with Gasteiger partial charge < -0.3 is 10.5 Å². The van der Waals surface area contributed by atoms with E-state index in [-0.39, 0.29) is 5.75 Å². The van der Waals surface area contributed by atoms with Gasteiger partial charge in [-0.3, -0.25) is 0 Å². The molecule has 1 aromatic heterocycles. The minimum absolute atomic E-state index is 0.274. The third-order valence-electron chi connectivity index (χ3n) is 2.93. The Morgan fingerprint density at radius 1 is 0.920 bits per heavy atom. The Balaban J connectivity index is 0.00000109. The van der Waals surface area contributed by atoms with Crippen LogP contribution in [0.3, 0.4) is 0 Å². The molecule has 0 aliphatic heterocycles. The van der Waals surface area contributed by atoms with Gasteiger partial charge in [0.25, 0.3) is 0 Å². The molecule has 1 heterocycles. The highest BCUT2D eigenvalue weighted by Crippen LogP contribution is 2.29. The Hall–Kier alpha value is -2.61. The second-order valence-corrected chi connectivity index (χ2v) is 5.37. The van der Waals surface area contributed by atoms with Crippen molar-refractivity contribution in [1.29, 1.82) is 0 Å². The summed E-state index contributed by atoms with van der Waals surface area (Å²) >= 11 is 1.17. The van der Waals surface area contributed by atoms with Crippen molar-refractivity contribution in [3.63, 3.8) is 0 Å². The van der Waals surface area contributed by atoms with Crippen molar-refractivity contribution in [2.24, 2.45) is 0 Å². The van der Waals surface area contributed by atoms with Crippen molar-refractivity contribution in [2.75, 3.05) is 5.73 Å². The van der Waals surface area contributed by atoms with E-state index in [0.29, 0.717) is 22.1 Å². The molecule has 8 heteroatoms. The van der Waals surface area contributed by atoms with Crippen molar-refractivity contribution in [3.8, 4) is 27.7 Å². The summed E-state index contributed by atoms with van der Waals surface area (Å²) in [7, 11) is 0. The van der Waals surface area contributed by atoms with Crippen LogP contribution in [0.4, 0.5) is 18.9 Å². The quantitative estimate of drug-likeness (QED) is 0.632. The number of hydrogen-bond acceptors (Lipinski definition) is 5. The lowest BCUT2D eigenvalue weighted by Gasteiger charge is -2.08. The molecule has 0 aliphatic rings. The van der Waals surface area contributed by atoms with E-state index in [1.165, 1.54) is 35.8 Å². The Morgan fingerprint density at radius 2 is 1.48 bits per heavy atom. The van der Waals surface area contributed by atoms with Crippen LogP contribution in [0.5, 0.6) is 5.75 Å². The van der Waals surface area contributed by atoms with Crippen LogP contribution >= 0.6 is 11.5 Å². The average molecular weight is 367 g/mol. The molecule has 4 nitrogen and oxygen atoms in total. The first-order valence-corrected chi connectivity index (χ1v) is 8.24. The SMILES string of the molecule is CC.Nc1ccc(-c2nsc(-c3ccc(OC(F)(F)F)cc3)n2)cc1. The molecule has 0 radical (unpaired) electrons. The van der Waals surface area contributed by atoms with Gasteiger partial charge in [-0.2, -0.15) is 4.37 Å². The van der Waals surface area contributed by atoms with Gasteiger partial charge in [0.15, 0.2) is 5.82 Å². The van der Waals surface area contributed by atoms with Crippen LogP contribution in [-0.4, -0.2) is 15.7 Å². The molecule has 2 N–H and O–H groups in total. The number of rotatable bonds is 3. The Kier molecular flexibility index (Phi) is 5.97. The summed E-state index contributed by atoms with van der Waals surface area (Å²) in [5.41, 5.74) is 7.76. The molecule has 132 valence electrons. The summed E-state index contributed by atoms with van der Waals surface area (Å²) in [5, 5.41) is 0.607. The minimum Gasteiger partial charge on any atom is -0.406 e. The first kappa shape index (κ1) is 18.7. The third-order valence-corrected chi connectivity index (χ3v) is 3.69. The maximum absolute atomic E-state index is 12.1. The molecular formula is C17H16F3N3OS. The molecule has 25 heavy (non-hydrogen) atoms. The number of nitrogens with zero attached hydrogens (tertiary/aromatic N) is 2. The molecule has 0 fully saturated rings. The lowest BCUT2D eigenvalue weighted by atomic mass is 10.2. The largest absolute Gasteiger partial charge is 0.573 e. The lowest BCUT2D eigenvalue weighted by Crippen LogP contribution is -2.16. The third kappa shape index (κ3) is 5.18. The van der Waals surface area contributed by atoms with Crippen LogP contribution in [0.25, 0.3) is 22.0 Å². The number of nitrogens with two attached hydrogens (primary N) is 1. The summed E-state index contributed by atoms with van der Waals surface area (Å²) in [6, 6.07) is 12.6. The molecule has 0 saturated heterocycles. The summed E-state index contributed by atoms with van der Waals surface area (Å²) in [6.45, 7) is 4.00. The van der Waals surface area contributed by atoms with Crippen LogP contribution in [0.15, 0.2) is 48.5 Å². The van der Waals surface area contributed by atoms with Crippen molar-refractivity contribution in [2.45, 2.75) is 20.2 Å². The number of aromatic nitrogens is 2. The number of halogens is 3. The molecular weight excluding hydrogens is 351 g/mol. The van der Waals surface area contributed by atoms with E-state index < -0.39 is 6.36 Å². The Bertz CT molecular complexity index is 799. The molecule has 0 bridgehead atoms. The molecule has 3 aromatic rings. The fraction of sp³-hybridized carbons (Fsp3) is 0.176. The predicted octanol–water partition coefficient (Wildman–Crippen LogP) is 5.38. The van der Waals surface area contributed by atoms with Gasteiger partial charge in [-0.15, -0.1) is 13.2 Å². The van der Waals surface area contributed by atoms with Crippen LogP contribution < -0.4 is 10.5 Å². The maximum Gasteiger partial charge on any atom is 0.573 e. The molecule has 0 spiro atoms. The van der Waals surface area contributed by atoms with Crippen molar-refractivity contribution < 1.29 is 17.9 Å². The van der Waals surface area contributed by atoms with Crippen LogP contribution in [0.2, 0.25) is 0 Å². The summed E-state index contributed by atoms with van der Waals surface area (Å²) in [5.74, 6) is 0.269. The highest BCUT2D eigenvalue weighted by atomic mass is 32.1. The highest BCUT2D eigenvalue weighted by Gasteiger charge is 2.31. The Labute approximate surface area is 147 Å². The minimum atomic E-state index is -4.70. The van der Waals surface area contributed by atoms with Gasteiger partial charge in [-0.05, 0) is 60.1 Å². The number of nitrogen functional groups attached to an aromatic ring is 1. The maximum atomic E-state index is 12.1. The zero-order chi connectivity index (χ0) is 18.4. The summed E-state index contributed by atoms with van der Waals surface area (Å²) in [4.78, 5) is 4.39. The molecule has 0 atom stereocenters. The first-order chi connectivity index (χ1) is 11.9. The zero-order valence-corrected chi connectivity index (χ0v) is 14.4. The highest BCUT2D eigenvalue weighted by molar-refractivity contribution is 7.09. The molecule has 0 aliphatic carbocycles. The Morgan fingerprint density at radius 3 is 2.04 bits per heavy atom. The average Bonchev–Trinajstić information content (AvgIpc) is 3.07. The number of alkyl halides is 3. The zero-order valence-electron chi connectivity index (χ0n) is 13.5. The van der Waals surface area contributed by atoms with Crippen LogP contribution in [0.1, 0.15) is 13.8 Å². The van der Waals surface area contributed by atoms with Crippen LogP contribution in [-0.2, 0) is 0 Å². The standard InChI is InChI=1S/C15H10F3N3OS.C2H6/c16-15(17,18)22-12-7-3-10(4-8-12)14-20-13(21-23-14)9-1-5-11(19)6-2-9;1-2/h1-8H,19H2;1-2H3. The lowest BCUT2D eigenvalue weighted by molar-refractivity contribution is -0.274. The monoisotopic (exact) mass is 367 g/mol. The van der Waals surface area contributed by atoms with Gasteiger partial charge in [-0.25, -0.2) is 4.98 Å². The second-order valence-electron chi connectivity index (χ2n) is 4.62. The van der Waals surface area contributed by atoms with E-state index in [1.54, 1.807) is 24.3 Å². The topological polar surface area (TPSA) is 61.0 Å². The smallest absolute Gasteiger partial charge is 0.406 e. The van der Waals surface area contributed by atoms with Crippen molar-refractivity contribution in [3.05, 3.63) is 48.5 Å². The first-order valence-electron chi connectivity index (χ1n) is 7.46. The van der Waals surface area contributed by atoms with E-state index in [9.17, 15) is 13.2 Å². The predicted molar refractivity (Wildman–Crippen MR) is 93.2 cm³/mol. The number of anilines is 1. The number of ether oxygens (including phenoxy) is 1. The van der Waals surface area contributed by atoms with E-state index in [1.807, 2.05) is 13.8 Å². The van der Waals surface area contributed by atoms with Gasteiger partial charge in [-0.1, -0.05) is 13.8 Å². The normalized spacial score (nSPS) is 10.8. The van der Waals surface area contributed by atoms with E-state index >= 15 is 0 Å². The molecule has 0 unspecified atom stereocenters. The van der Waals surface area contributed by atoms with Gasteiger partial charge in [0, 0.05) is 16.8 Å². The number of benzene rings is 2. The van der Waals surface area contributed by atoms with Gasteiger partial charge >= 0.3 is 6.36 Å². The van der Waals surface area contributed by atoms with Crippen LogP contribution in [0, 0.1) is 0 Å². The van der Waals surface area contributed by atoms with E-state index in [4.69, 9.17) is 5.73 Å². The molecule has 3 rings (SSSR count). The molecule has 0 saturated carbocycles. The van der Waals surface area contributed by atoms with Crippen molar-refractivity contribution in [1.82, 2.24) is 9.36 Å². The van der Waals surface area contributed by atoms with Gasteiger partial charge in [0.1, 0.15) is 10.8 Å². The van der Waals surface area contributed by atoms with Gasteiger partial charge in [0.2, 0.25) is 0 Å². The van der Waals surface area contributed by atoms with Gasteiger partial charge in [0.05, 0.1) is 0 Å². The fourth-order valence-corrected chi connectivity index (χ4v) is 2.58. The van der Waals surface area contributed by atoms with E-state index in [2.05, 4.69) is 14.1 Å². The molecule has 0 amide bonds. The summed E-state index contributed by atoms with van der Waals surface area (Å²) < 4.78 is 44.5. The van der Waals surface area contributed by atoms with E-state index in [0.717, 1.165) is 5.56 Å².